The summed E-state index contributed by atoms with van der Waals surface area (Å²) in [7, 11) is 1.65. The molecular formula is C22H29F3N6. The predicted octanol–water partition coefficient (Wildman–Crippen LogP) is 3.11. The topological polar surface area (TPSA) is 55.8 Å². The molecular weight excluding hydrogens is 405 g/mol. The molecule has 0 saturated carbocycles. The highest BCUT2D eigenvalue weighted by atomic mass is 19.4. The Labute approximate surface area is 181 Å². The SMILES string of the molecule is CCN1CCN(c2ccc(CNC(=NC)NCc3ccc(C(F)(F)F)cc3)cn2)CC1. The van der Waals surface area contributed by atoms with Crippen molar-refractivity contribution in [3.63, 3.8) is 0 Å². The first-order valence-corrected chi connectivity index (χ1v) is 10.4. The summed E-state index contributed by atoms with van der Waals surface area (Å²) in [5.74, 6) is 1.56. The number of piperazine rings is 1. The number of guanidine groups is 1. The molecule has 1 aliphatic heterocycles. The van der Waals surface area contributed by atoms with Gasteiger partial charge in [0.15, 0.2) is 5.96 Å². The van der Waals surface area contributed by atoms with Crippen LogP contribution in [-0.4, -0.2) is 55.6 Å². The van der Waals surface area contributed by atoms with Gasteiger partial charge in [0, 0.05) is 52.5 Å². The molecule has 2 N–H and O–H groups in total. The molecule has 9 heteroatoms. The number of hydrogen-bond donors (Lipinski definition) is 2. The standard InChI is InChI=1S/C22H29F3N6/c1-3-30-10-12-31(13-11-30)20-9-6-18(15-27-20)16-29-21(26-2)28-14-17-4-7-19(8-5-17)22(23,24)25/h4-9,15H,3,10-14,16H2,1-2H3,(H2,26,28,29). The Morgan fingerprint density at radius 3 is 2.10 bits per heavy atom. The number of hydrogen-bond acceptors (Lipinski definition) is 4. The summed E-state index contributed by atoms with van der Waals surface area (Å²) in [5.41, 5.74) is 1.11. The number of anilines is 1. The highest BCUT2D eigenvalue weighted by molar-refractivity contribution is 5.79. The molecule has 1 fully saturated rings. The zero-order valence-electron chi connectivity index (χ0n) is 17.9. The molecule has 31 heavy (non-hydrogen) atoms. The van der Waals surface area contributed by atoms with Crippen LogP contribution in [0.4, 0.5) is 19.0 Å². The maximum Gasteiger partial charge on any atom is 0.416 e. The van der Waals surface area contributed by atoms with E-state index in [1.165, 1.54) is 12.1 Å². The number of nitrogens with zero attached hydrogens (tertiary/aromatic N) is 4. The number of nitrogens with one attached hydrogen (secondary N) is 2. The lowest BCUT2D eigenvalue weighted by Crippen LogP contribution is -2.46. The molecule has 2 heterocycles. The van der Waals surface area contributed by atoms with Gasteiger partial charge in [-0.3, -0.25) is 4.99 Å². The van der Waals surface area contributed by atoms with Gasteiger partial charge in [-0.1, -0.05) is 25.1 Å². The molecule has 0 spiro atoms. The Morgan fingerprint density at radius 1 is 0.968 bits per heavy atom. The number of rotatable bonds is 6. The molecule has 0 atom stereocenters. The van der Waals surface area contributed by atoms with Gasteiger partial charge in [-0.2, -0.15) is 13.2 Å². The molecule has 1 aliphatic rings. The van der Waals surface area contributed by atoms with E-state index < -0.39 is 11.7 Å². The highest BCUT2D eigenvalue weighted by Crippen LogP contribution is 2.29. The van der Waals surface area contributed by atoms with E-state index >= 15 is 0 Å². The van der Waals surface area contributed by atoms with Gasteiger partial charge in [0.1, 0.15) is 5.82 Å². The Balaban J connectivity index is 1.46. The molecule has 0 aliphatic carbocycles. The van der Waals surface area contributed by atoms with Gasteiger partial charge in [-0.15, -0.1) is 0 Å². The van der Waals surface area contributed by atoms with Gasteiger partial charge in [-0.25, -0.2) is 4.98 Å². The van der Waals surface area contributed by atoms with Crippen molar-refractivity contribution in [1.82, 2.24) is 20.5 Å². The van der Waals surface area contributed by atoms with E-state index in [1.54, 1.807) is 7.05 Å². The Bertz CT molecular complexity index is 841. The molecule has 1 saturated heterocycles. The van der Waals surface area contributed by atoms with Crippen molar-refractivity contribution in [2.45, 2.75) is 26.2 Å². The first-order valence-electron chi connectivity index (χ1n) is 10.4. The summed E-state index contributed by atoms with van der Waals surface area (Å²) in [6.45, 7) is 8.27. The van der Waals surface area contributed by atoms with E-state index in [0.29, 0.717) is 19.0 Å². The van der Waals surface area contributed by atoms with Crippen LogP contribution in [0.25, 0.3) is 0 Å². The van der Waals surface area contributed by atoms with Crippen LogP contribution in [0.3, 0.4) is 0 Å². The van der Waals surface area contributed by atoms with Crippen LogP contribution in [-0.2, 0) is 19.3 Å². The van der Waals surface area contributed by atoms with Gasteiger partial charge in [0.25, 0.3) is 0 Å². The summed E-state index contributed by atoms with van der Waals surface area (Å²) in [4.78, 5) is 13.5. The minimum atomic E-state index is -4.32. The average Bonchev–Trinajstić information content (AvgIpc) is 2.79. The van der Waals surface area contributed by atoms with Gasteiger partial charge in [0.2, 0.25) is 0 Å². The second kappa shape index (κ2) is 10.5. The Kier molecular flexibility index (Phi) is 7.73. The second-order valence-electron chi connectivity index (χ2n) is 7.42. The predicted molar refractivity (Wildman–Crippen MR) is 117 cm³/mol. The molecule has 0 unspecified atom stereocenters. The fraction of sp³-hybridized carbons (Fsp3) is 0.455. The number of likely N-dealkylation sites (N-methyl/N-ethyl adjacent to an activating group) is 1. The minimum Gasteiger partial charge on any atom is -0.354 e. The fourth-order valence-electron chi connectivity index (χ4n) is 3.41. The van der Waals surface area contributed by atoms with E-state index in [2.05, 4.69) is 37.3 Å². The maximum atomic E-state index is 12.7. The number of aromatic nitrogens is 1. The van der Waals surface area contributed by atoms with Gasteiger partial charge < -0.3 is 20.4 Å². The first kappa shape index (κ1) is 22.9. The van der Waals surface area contributed by atoms with Gasteiger partial charge in [0.05, 0.1) is 5.56 Å². The van der Waals surface area contributed by atoms with Crippen molar-refractivity contribution < 1.29 is 13.2 Å². The molecule has 2 aromatic rings. The normalized spacial score (nSPS) is 15.8. The quantitative estimate of drug-likeness (QED) is 0.541. The van der Waals surface area contributed by atoms with Crippen molar-refractivity contribution in [2.24, 2.45) is 4.99 Å². The third-order valence-corrected chi connectivity index (χ3v) is 5.38. The van der Waals surface area contributed by atoms with Crippen LogP contribution in [0.15, 0.2) is 47.6 Å². The third kappa shape index (κ3) is 6.58. The van der Waals surface area contributed by atoms with Crippen LogP contribution in [0.5, 0.6) is 0 Å². The molecule has 0 radical (unpaired) electrons. The van der Waals surface area contributed by atoms with Crippen molar-refractivity contribution in [3.05, 3.63) is 59.3 Å². The molecule has 1 aromatic heterocycles. The van der Waals surface area contributed by atoms with Crippen LogP contribution in [0.2, 0.25) is 0 Å². The Morgan fingerprint density at radius 2 is 1.58 bits per heavy atom. The zero-order valence-corrected chi connectivity index (χ0v) is 17.9. The lowest BCUT2D eigenvalue weighted by atomic mass is 10.1. The largest absolute Gasteiger partial charge is 0.416 e. The van der Waals surface area contributed by atoms with Gasteiger partial charge in [-0.05, 0) is 35.9 Å². The smallest absolute Gasteiger partial charge is 0.354 e. The van der Waals surface area contributed by atoms with E-state index in [-0.39, 0.29) is 0 Å². The molecule has 1 aromatic carbocycles. The summed E-state index contributed by atoms with van der Waals surface area (Å²) < 4.78 is 38.0. The third-order valence-electron chi connectivity index (χ3n) is 5.38. The maximum absolute atomic E-state index is 12.7. The van der Waals surface area contributed by atoms with E-state index in [9.17, 15) is 13.2 Å². The van der Waals surface area contributed by atoms with Crippen molar-refractivity contribution >= 4 is 11.8 Å². The van der Waals surface area contributed by atoms with Crippen LogP contribution in [0, 0.1) is 0 Å². The second-order valence-corrected chi connectivity index (χ2v) is 7.42. The van der Waals surface area contributed by atoms with E-state index in [4.69, 9.17) is 0 Å². The average molecular weight is 435 g/mol. The minimum absolute atomic E-state index is 0.374. The number of aliphatic imine (C=N–C) groups is 1. The zero-order chi connectivity index (χ0) is 22.3. The van der Waals surface area contributed by atoms with Gasteiger partial charge >= 0.3 is 6.18 Å². The molecule has 3 rings (SSSR count). The molecule has 6 nitrogen and oxygen atoms in total. The summed E-state index contributed by atoms with van der Waals surface area (Å²) >= 11 is 0. The molecule has 168 valence electrons. The molecule has 0 amide bonds. The summed E-state index contributed by atoms with van der Waals surface area (Å²) in [5, 5.41) is 6.31. The lowest BCUT2D eigenvalue weighted by molar-refractivity contribution is -0.137. The summed E-state index contributed by atoms with van der Waals surface area (Å²) in [6, 6.07) is 9.19. The van der Waals surface area contributed by atoms with Crippen molar-refractivity contribution in [3.8, 4) is 0 Å². The monoisotopic (exact) mass is 434 g/mol. The van der Waals surface area contributed by atoms with Crippen LogP contribution < -0.4 is 15.5 Å². The number of alkyl halides is 3. The number of pyridine rings is 1. The number of benzene rings is 1. The van der Waals surface area contributed by atoms with Crippen LogP contribution in [0.1, 0.15) is 23.6 Å². The fourth-order valence-corrected chi connectivity index (χ4v) is 3.41. The van der Waals surface area contributed by atoms with E-state index in [0.717, 1.165) is 61.8 Å². The Hall–Kier alpha value is -2.81. The van der Waals surface area contributed by atoms with Crippen molar-refractivity contribution in [1.29, 1.82) is 0 Å². The number of halogens is 3. The first-order chi connectivity index (χ1) is 14.9. The highest BCUT2D eigenvalue weighted by Gasteiger charge is 2.29. The molecule has 0 bridgehead atoms. The van der Waals surface area contributed by atoms with Crippen LogP contribution >= 0.6 is 0 Å². The van der Waals surface area contributed by atoms with Crippen molar-refractivity contribution in [2.75, 3.05) is 44.7 Å². The van der Waals surface area contributed by atoms with E-state index in [1.807, 2.05) is 18.3 Å². The summed E-state index contributed by atoms with van der Waals surface area (Å²) in [6.07, 6.45) is -2.46. The lowest BCUT2D eigenvalue weighted by Gasteiger charge is -2.34.